The summed E-state index contributed by atoms with van der Waals surface area (Å²) >= 11 is 0. The molecule has 1 heterocycles. The number of fused-ring (bicyclic) bond motifs is 1. The van der Waals surface area contributed by atoms with E-state index in [4.69, 9.17) is 9.47 Å². The van der Waals surface area contributed by atoms with Crippen LogP contribution in [-0.2, 0) is 33.9 Å². The first-order valence-electron chi connectivity index (χ1n) is 12.5. The van der Waals surface area contributed by atoms with Crippen molar-refractivity contribution in [2.75, 3.05) is 0 Å². The summed E-state index contributed by atoms with van der Waals surface area (Å²) < 4.78 is 26.3. The third-order valence-corrected chi connectivity index (χ3v) is 7.11. The molecule has 1 saturated carbocycles. The minimum Gasteiger partial charge on any atom is -0.489 e. The van der Waals surface area contributed by atoms with E-state index in [9.17, 15) is 19.1 Å². The maximum absolute atomic E-state index is 14.1. The fourth-order valence-electron chi connectivity index (χ4n) is 5.15. The molecule has 0 saturated heterocycles. The van der Waals surface area contributed by atoms with Crippen molar-refractivity contribution in [2.45, 2.75) is 63.3 Å². The Bertz CT molecular complexity index is 1260. The molecule has 0 spiro atoms. The molecule has 2 unspecified atom stereocenters. The molecule has 1 fully saturated rings. The molecule has 192 valence electrons. The van der Waals surface area contributed by atoms with Gasteiger partial charge in [-0.2, -0.15) is 0 Å². The molecule has 0 radical (unpaired) electrons. The van der Waals surface area contributed by atoms with E-state index in [0.29, 0.717) is 17.9 Å². The molecule has 7 heteroatoms. The minimum atomic E-state index is -1.31. The molecule has 1 aliphatic heterocycles. The highest BCUT2D eigenvalue weighted by atomic mass is 19.1. The molecule has 1 amide bonds. The molecular weight excluding hydrogens is 473 g/mol. The first-order valence-corrected chi connectivity index (χ1v) is 12.5. The maximum Gasteiger partial charge on any atom is 0.326 e. The normalized spacial score (nSPS) is 23.5. The average molecular weight is 504 g/mol. The Hall–Kier alpha value is -3.71. The van der Waals surface area contributed by atoms with E-state index in [0.717, 1.165) is 16.7 Å². The van der Waals surface area contributed by atoms with Crippen LogP contribution in [0.15, 0.2) is 78.9 Å². The van der Waals surface area contributed by atoms with E-state index < -0.39 is 35.8 Å². The Balaban J connectivity index is 1.40. The van der Waals surface area contributed by atoms with Crippen LogP contribution in [0.1, 0.15) is 48.1 Å². The van der Waals surface area contributed by atoms with E-state index in [1.807, 2.05) is 54.6 Å². The van der Waals surface area contributed by atoms with Gasteiger partial charge in [-0.3, -0.25) is 4.79 Å². The molecule has 1 aliphatic carbocycles. The molecule has 37 heavy (non-hydrogen) atoms. The number of hydrogen-bond donors (Lipinski definition) is 1. The lowest BCUT2D eigenvalue weighted by atomic mass is 9.80. The number of halogens is 1. The predicted octanol–water partition coefficient (Wildman–Crippen LogP) is 5.25. The van der Waals surface area contributed by atoms with Crippen molar-refractivity contribution < 1.29 is 28.6 Å². The van der Waals surface area contributed by atoms with Crippen LogP contribution in [0, 0.1) is 0 Å². The molecule has 0 bridgehead atoms. The van der Waals surface area contributed by atoms with Gasteiger partial charge in [0.1, 0.15) is 24.1 Å². The molecule has 3 aromatic carbocycles. The van der Waals surface area contributed by atoms with Crippen LogP contribution in [0.3, 0.4) is 0 Å². The number of hydrogen-bond acceptors (Lipinski definition) is 4. The van der Waals surface area contributed by atoms with Gasteiger partial charge in [-0.15, -0.1) is 0 Å². The highest BCUT2D eigenvalue weighted by Crippen LogP contribution is 2.41. The summed E-state index contributed by atoms with van der Waals surface area (Å²) in [5.74, 6) is -0.914. The van der Waals surface area contributed by atoms with Crippen LogP contribution in [0.5, 0.6) is 5.75 Å². The smallest absolute Gasteiger partial charge is 0.326 e. The Labute approximate surface area is 215 Å². The topological polar surface area (TPSA) is 76.1 Å². The fraction of sp³-hybridized carbons (Fsp3) is 0.333. The lowest BCUT2D eigenvalue weighted by Gasteiger charge is -2.42. The number of carbonyl (C=O) groups is 2. The van der Waals surface area contributed by atoms with Gasteiger partial charge < -0.3 is 19.5 Å². The Morgan fingerprint density at radius 3 is 2.35 bits per heavy atom. The van der Waals surface area contributed by atoms with Crippen LogP contribution in [0.2, 0.25) is 0 Å². The lowest BCUT2D eigenvalue weighted by molar-refractivity contribution is -0.169. The van der Waals surface area contributed by atoms with Crippen LogP contribution >= 0.6 is 0 Å². The summed E-state index contributed by atoms with van der Waals surface area (Å²) in [6, 6.07) is 23.2. The molecule has 6 nitrogen and oxygen atoms in total. The molecular formula is C30H30FNO5. The number of carbonyl (C=O) groups excluding carboxylic acids is 1. The van der Waals surface area contributed by atoms with Gasteiger partial charge in [-0.1, -0.05) is 72.8 Å². The number of rotatable bonds is 8. The monoisotopic (exact) mass is 503 g/mol. The van der Waals surface area contributed by atoms with Crippen LogP contribution in [-0.4, -0.2) is 39.7 Å². The van der Waals surface area contributed by atoms with Gasteiger partial charge in [-0.05, 0) is 29.7 Å². The van der Waals surface area contributed by atoms with Gasteiger partial charge in [-0.25, -0.2) is 9.18 Å². The van der Waals surface area contributed by atoms with E-state index in [1.165, 1.54) is 11.8 Å². The third-order valence-electron chi connectivity index (χ3n) is 7.11. The quantitative estimate of drug-likeness (QED) is 0.454. The van der Waals surface area contributed by atoms with Gasteiger partial charge in [0, 0.05) is 31.4 Å². The average Bonchev–Trinajstić information content (AvgIpc) is 2.89. The van der Waals surface area contributed by atoms with Crippen molar-refractivity contribution in [3.63, 3.8) is 0 Å². The number of alkyl halides is 1. The highest BCUT2D eigenvalue weighted by molar-refractivity contribution is 5.88. The molecule has 3 aromatic rings. The number of carboxylic acid groups (broad SMARTS) is 1. The summed E-state index contributed by atoms with van der Waals surface area (Å²) in [6.07, 6.45) is -0.881. The molecule has 0 aromatic heterocycles. The lowest BCUT2D eigenvalue weighted by Crippen LogP contribution is -2.52. The summed E-state index contributed by atoms with van der Waals surface area (Å²) in [5, 5.41) is 10.1. The van der Waals surface area contributed by atoms with Crippen LogP contribution < -0.4 is 4.74 Å². The zero-order valence-electron chi connectivity index (χ0n) is 20.7. The highest BCUT2D eigenvalue weighted by Gasteiger charge is 2.45. The van der Waals surface area contributed by atoms with E-state index >= 15 is 0 Å². The summed E-state index contributed by atoms with van der Waals surface area (Å²) in [4.78, 5) is 27.6. The number of aliphatic carboxylic acids is 1. The summed E-state index contributed by atoms with van der Waals surface area (Å²) in [6.45, 7) is 1.99. The van der Waals surface area contributed by atoms with Crippen molar-refractivity contribution in [1.82, 2.24) is 4.90 Å². The van der Waals surface area contributed by atoms with Gasteiger partial charge in [0.15, 0.2) is 6.10 Å². The largest absolute Gasteiger partial charge is 0.489 e. The maximum atomic E-state index is 14.1. The molecule has 2 atom stereocenters. The van der Waals surface area contributed by atoms with E-state index in [-0.39, 0.29) is 25.8 Å². The van der Waals surface area contributed by atoms with Crippen molar-refractivity contribution in [3.05, 3.63) is 101 Å². The first-order chi connectivity index (χ1) is 17.8. The number of carboxylic acids is 1. The number of amides is 1. The third kappa shape index (κ3) is 5.52. The Kier molecular flexibility index (Phi) is 6.98. The zero-order chi connectivity index (χ0) is 26.0. The fourth-order valence-corrected chi connectivity index (χ4v) is 5.15. The van der Waals surface area contributed by atoms with Crippen LogP contribution in [0.4, 0.5) is 4.39 Å². The first kappa shape index (κ1) is 25.0. The Morgan fingerprint density at radius 2 is 1.70 bits per heavy atom. The van der Waals surface area contributed by atoms with Crippen molar-refractivity contribution >= 4 is 11.9 Å². The van der Waals surface area contributed by atoms with E-state index in [1.54, 1.807) is 24.3 Å². The summed E-state index contributed by atoms with van der Waals surface area (Å²) in [5.41, 5.74) is 1.95. The van der Waals surface area contributed by atoms with Gasteiger partial charge in [0.2, 0.25) is 0 Å². The van der Waals surface area contributed by atoms with Gasteiger partial charge in [0.05, 0.1) is 6.10 Å². The predicted molar refractivity (Wildman–Crippen MR) is 136 cm³/mol. The van der Waals surface area contributed by atoms with Crippen molar-refractivity contribution in [3.8, 4) is 5.75 Å². The standard InChI is InChI=1S/C30H30FNO5/c1-30(31)16-23(17-30)37-27(21-11-6-3-7-12-21)28(33)32-18-22-13-8-14-26(24(22)15-25(32)29(34)35)36-19-20-9-4-2-5-10-20/h2-14,23,25,27H,15-19H2,1H3,(H,34,35). The van der Waals surface area contributed by atoms with Gasteiger partial charge >= 0.3 is 5.97 Å². The number of ether oxygens (including phenoxy) is 2. The number of nitrogens with zero attached hydrogens (tertiary/aromatic N) is 1. The van der Waals surface area contributed by atoms with Crippen molar-refractivity contribution in [2.24, 2.45) is 0 Å². The molecule has 5 rings (SSSR count). The number of benzene rings is 3. The zero-order valence-corrected chi connectivity index (χ0v) is 20.7. The van der Waals surface area contributed by atoms with Crippen molar-refractivity contribution in [1.29, 1.82) is 0 Å². The van der Waals surface area contributed by atoms with E-state index in [2.05, 4.69) is 0 Å². The second kappa shape index (κ2) is 10.3. The van der Waals surface area contributed by atoms with Crippen LogP contribution in [0.25, 0.3) is 0 Å². The second-order valence-electron chi connectivity index (χ2n) is 10.1. The minimum absolute atomic E-state index is 0.117. The SMILES string of the molecule is CC1(F)CC(OC(C(=O)N2Cc3cccc(OCc4ccccc4)c3CC2C(=O)O)c2ccccc2)C1. The Morgan fingerprint density at radius 1 is 1.03 bits per heavy atom. The second-order valence-corrected chi connectivity index (χ2v) is 10.1. The molecule has 2 aliphatic rings. The molecule has 1 N–H and O–H groups in total. The van der Waals surface area contributed by atoms with Gasteiger partial charge in [0.25, 0.3) is 5.91 Å². The summed E-state index contributed by atoms with van der Waals surface area (Å²) in [7, 11) is 0.